The summed E-state index contributed by atoms with van der Waals surface area (Å²) in [5.41, 5.74) is 11.9. The highest BCUT2D eigenvalue weighted by Gasteiger charge is 2.21. The molecule has 0 radical (unpaired) electrons. The number of anilines is 3. The molecule has 0 bridgehead atoms. The number of furan rings is 1. The first-order valence-electron chi connectivity index (χ1n) is 17.8. The Morgan fingerprint density at radius 2 is 0.885 bits per heavy atom. The highest BCUT2D eigenvalue weighted by molar-refractivity contribution is 6.14. The number of benzene rings is 9. The Balaban J connectivity index is 1.18. The molecule has 0 unspecified atom stereocenters. The Labute approximate surface area is 302 Å². The molecule has 10 aromatic rings. The highest BCUT2D eigenvalue weighted by atomic mass is 16.3. The minimum absolute atomic E-state index is 0.857. The number of rotatable bonds is 6. The average Bonchev–Trinajstić information content (AvgIpc) is 3.61. The fourth-order valence-electron chi connectivity index (χ4n) is 7.69. The Morgan fingerprint density at radius 1 is 0.308 bits per heavy atom. The van der Waals surface area contributed by atoms with Crippen molar-refractivity contribution in [2.75, 3.05) is 4.90 Å². The maximum Gasteiger partial charge on any atom is 0.159 e. The van der Waals surface area contributed by atoms with Gasteiger partial charge in [0.15, 0.2) is 5.58 Å². The van der Waals surface area contributed by atoms with Crippen molar-refractivity contribution in [3.63, 3.8) is 0 Å². The zero-order valence-corrected chi connectivity index (χ0v) is 28.4. The van der Waals surface area contributed by atoms with Gasteiger partial charge in [0.1, 0.15) is 5.58 Å². The molecule has 1 aromatic heterocycles. The van der Waals surface area contributed by atoms with E-state index >= 15 is 0 Å². The number of para-hydroxylation sites is 2. The highest BCUT2D eigenvalue weighted by Crippen LogP contribution is 2.45. The van der Waals surface area contributed by atoms with Crippen LogP contribution in [-0.4, -0.2) is 0 Å². The van der Waals surface area contributed by atoms with E-state index in [-0.39, 0.29) is 0 Å². The van der Waals surface area contributed by atoms with E-state index in [1.165, 1.54) is 43.8 Å². The number of nitrogens with zero attached hydrogens (tertiary/aromatic N) is 1. The zero-order chi connectivity index (χ0) is 34.4. The van der Waals surface area contributed by atoms with Gasteiger partial charge in [-0.3, -0.25) is 0 Å². The topological polar surface area (TPSA) is 16.4 Å². The molecule has 2 heteroatoms. The Bertz CT molecular complexity index is 2890. The summed E-state index contributed by atoms with van der Waals surface area (Å²) in [7, 11) is 0. The van der Waals surface area contributed by atoms with Gasteiger partial charge in [0, 0.05) is 27.7 Å². The van der Waals surface area contributed by atoms with E-state index in [2.05, 4.69) is 205 Å². The first kappa shape index (κ1) is 30.0. The van der Waals surface area contributed by atoms with E-state index in [1.54, 1.807) is 0 Å². The van der Waals surface area contributed by atoms with Gasteiger partial charge in [0.2, 0.25) is 0 Å². The van der Waals surface area contributed by atoms with Crippen molar-refractivity contribution in [3.8, 4) is 33.4 Å². The summed E-state index contributed by atoms with van der Waals surface area (Å²) in [5.74, 6) is 0. The van der Waals surface area contributed by atoms with E-state index in [0.29, 0.717) is 0 Å². The second kappa shape index (κ2) is 12.5. The van der Waals surface area contributed by atoms with Crippen LogP contribution in [0.1, 0.15) is 0 Å². The first-order valence-corrected chi connectivity index (χ1v) is 17.8. The quantitative estimate of drug-likeness (QED) is 0.176. The molecule has 52 heavy (non-hydrogen) atoms. The van der Waals surface area contributed by atoms with Crippen LogP contribution >= 0.6 is 0 Å². The van der Waals surface area contributed by atoms with Gasteiger partial charge in [-0.25, -0.2) is 0 Å². The largest absolute Gasteiger partial charge is 0.453 e. The minimum Gasteiger partial charge on any atom is -0.453 e. The molecule has 0 saturated carbocycles. The lowest BCUT2D eigenvalue weighted by Gasteiger charge is -2.26. The van der Waals surface area contributed by atoms with Crippen molar-refractivity contribution < 1.29 is 4.42 Å². The van der Waals surface area contributed by atoms with Crippen molar-refractivity contribution in [1.29, 1.82) is 0 Å². The van der Waals surface area contributed by atoms with Gasteiger partial charge in [-0.15, -0.1) is 0 Å². The van der Waals surface area contributed by atoms with Crippen LogP contribution < -0.4 is 4.90 Å². The van der Waals surface area contributed by atoms with Gasteiger partial charge < -0.3 is 9.32 Å². The number of fused-ring (bicyclic) bond motifs is 5. The zero-order valence-electron chi connectivity index (χ0n) is 28.4. The molecule has 10 rings (SSSR count). The van der Waals surface area contributed by atoms with Gasteiger partial charge >= 0.3 is 0 Å². The third-order valence-electron chi connectivity index (χ3n) is 10.2. The molecule has 0 aliphatic rings. The lowest BCUT2D eigenvalue weighted by atomic mass is 9.97. The lowest BCUT2D eigenvalue weighted by molar-refractivity contribution is 0.670. The van der Waals surface area contributed by atoms with Crippen LogP contribution in [0.5, 0.6) is 0 Å². The van der Waals surface area contributed by atoms with E-state index in [4.69, 9.17) is 4.42 Å². The van der Waals surface area contributed by atoms with Gasteiger partial charge in [0.05, 0.1) is 5.69 Å². The second-order valence-corrected chi connectivity index (χ2v) is 13.3. The van der Waals surface area contributed by atoms with Gasteiger partial charge in [0.25, 0.3) is 0 Å². The van der Waals surface area contributed by atoms with Crippen molar-refractivity contribution in [2.24, 2.45) is 0 Å². The van der Waals surface area contributed by atoms with E-state index in [0.717, 1.165) is 50.1 Å². The summed E-state index contributed by atoms with van der Waals surface area (Å²) in [6, 6.07) is 71.6. The molecule has 0 amide bonds. The van der Waals surface area contributed by atoms with Crippen molar-refractivity contribution in [2.45, 2.75) is 0 Å². The normalized spacial score (nSPS) is 11.5. The molecule has 0 N–H and O–H groups in total. The molecule has 2 nitrogen and oxygen atoms in total. The van der Waals surface area contributed by atoms with Crippen LogP contribution in [0.4, 0.5) is 17.1 Å². The standard InChI is InChI=1S/C50H33NO/c1-3-13-36(14-4-1)43-19-9-18-38-28-31-42(33-47(38)43)51(41-29-26-35(27-30-41)40-25-24-34-12-7-8-17-39(34)32-40)48-23-11-22-46-45-21-10-20-44(49(45)52-50(46)48)37-15-5-2-6-16-37/h1-33H. The molecule has 1 heterocycles. The molecule has 0 atom stereocenters. The SMILES string of the molecule is c1ccc(-c2cccc3ccc(N(c4ccc(-c5ccc6ccccc6c5)cc4)c4cccc5c4oc4c(-c6ccccc6)cccc45)cc23)cc1. The predicted molar refractivity (Wildman–Crippen MR) is 220 cm³/mol. The van der Waals surface area contributed by atoms with Gasteiger partial charge in [-0.1, -0.05) is 164 Å². The fraction of sp³-hybridized carbons (Fsp3) is 0. The van der Waals surface area contributed by atoms with E-state index < -0.39 is 0 Å². The van der Waals surface area contributed by atoms with Gasteiger partial charge in [-0.05, 0) is 85.8 Å². The van der Waals surface area contributed by atoms with Crippen LogP contribution in [0, 0.1) is 0 Å². The molecule has 0 aliphatic carbocycles. The summed E-state index contributed by atoms with van der Waals surface area (Å²) in [4.78, 5) is 2.35. The predicted octanol–water partition coefficient (Wildman–Crippen LogP) is 14.4. The van der Waals surface area contributed by atoms with E-state index in [1.807, 2.05) is 0 Å². The molecule has 9 aromatic carbocycles. The average molecular weight is 664 g/mol. The maximum absolute atomic E-state index is 6.97. The van der Waals surface area contributed by atoms with Crippen molar-refractivity contribution in [3.05, 3.63) is 200 Å². The monoisotopic (exact) mass is 663 g/mol. The summed E-state index contributed by atoms with van der Waals surface area (Å²) < 4.78 is 6.97. The second-order valence-electron chi connectivity index (χ2n) is 13.3. The minimum atomic E-state index is 0.857. The molecule has 0 aliphatic heterocycles. The number of hydrogen-bond donors (Lipinski definition) is 0. The van der Waals surface area contributed by atoms with Crippen LogP contribution in [0.15, 0.2) is 205 Å². The van der Waals surface area contributed by atoms with Gasteiger partial charge in [-0.2, -0.15) is 0 Å². The Hall–Kier alpha value is -6.90. The van der Waals surface area contributed by atoms with Crippen LogP contribution in [0.25, 0.3) is 76.9 Å². The van der Waals surface area contributed by atoms with Crippen molar-refractivity contribution >= 4 is 60.5 Å². The Morgan fingerprint density at radius 3 is 1.67 bits per heavy atom. The van der Waals surface area contributed by atoms with E-state index in [9.17, 15) is 0 Å². The molecule has 244 valence electrons. The summed E-state index contributed by atoms with van der Waals surface area (Å²) in [6.45, 7) is 0. The summed E-state index contributed by atoms with van der Waals surface area (Å²) in [6.07, 6.45) is 0. The smallest absolute Gasteiger partial charge is 0.159 e. The third-order valence-corrected chi connectivity index (χ3v) is 10.2. The molecule has 0 saturated heterocycles. The maximum atomic E-state index is 6.97. The summed E-state index contributed by atoms with van der Waals surface area (Å²) >= 11 is 0. The molecule has 0 spiro atoms. The third kappa shape index (κ3) is 5.12. The first-order chi connectivity index (χ1) is 25.8. The Kier molecular flexibility index (Phi) is 7.18. The molecular weight excluding hydrogens is 631 g/mol. The van der Waals surface area contributed by atoms with Crippen LogP contribution in [0.2, 0.25) is 0 Å². The number of hydrogen-bond acceptors (Lipinski definition) is 2. The summed E-state index contributed by atoms with van der Waals surface area (Å²) in [5, 5.41) is 7.08. The fourth-order valence-corrected chi connectivity index (χ4v) is 7.69. The lowest BCUT2D eigenvalue weighted by Crippen LogP contribution is -2.10. The van der Waals surface area contributed by atoms with Crippen molar-refractivity contribution in [1.82, 2.24) is 0 Å². The molecular formula is C50H33NO. The van der Waals surface area contributed by atoms with Crippen LogP contribution in [-0.2, 0) is 0 Å². The molecule has 0 fully saturated rings. The van der Waals surface area contributed by atoms with Crippen LogP contribution in [0.3, 0.4) is 0 Å².